The van der Waals surface area contributed by atoms with E-state index in [9.17, 15) is 0 Å². The summed E-state index contributed by atoms with van der Waals surface area (Å²) < 4.78 is 4.57. The Hall–Kier alpha value is 0.0900. The standard InChI is InChI=1S/C6H13ClO5/c7-6(11,1-2-8)12-4-5(10)3-9/h5,8-11H,1-4H2. The fraction of sp³-hybridized carbons (Fsp3) is 1.00. The maximum absolute atomic E-state index is 9.05. The lowest BCUT2D eigenvalue weighted by molar-refractivity contribution is -0.166. The quantitative estimate of drug-likeness (QED) is 0.314. The predicted molar refractivity (Wildman–Crippen MR) is 41.6 cm³/mol. The Balaban J connectivity index is 3.59. The van der Waals surface area contributed by atoms with Crippen molar-refractivity contribution in [3.63, 3.8) is 0 Å². The van der Waals surface area contributed by atoms with Gasteiger partial charge in [0.2, 0.25) is 5.25 Å². The topological polar surface area (TPSA) is 90.2 Å². The van der Waals surface area contributed by atoms with Gasteiger partial charge in [0.1, 0.15) is 6.10 Å². The smallest absolute Gasteiger partial charge is 0.248 e. The normalized spacial score (nSPS) is 18.8. The minimum absolute atomic E-state index is 0.160. The predicted octanol–water partition coefficient (Wildman–Crippen LogP) is -1.38. The van der Waals surface area contributed by atoms with Crippen molar-refractivity contribution in [1.29, 1.82) is 0 Å². The van der Waals surface area contributed by atoms with Gasteiger partial charge in [-0.25, -0.2) is 0 Å². The minimum atomic E-state index is -1.97. The molecule has 4 N–H and O–H groups in total. The van der Waals surface area contributed by atoms with E-state index in [2.05, 4.69) is 4.74 Å². The molecule has 0 bridgehead atoms. The molecule has 0 aromatic rings. The highest BCUT2D eigenvalue weighted by molar-refractivity contribution is 6.21. The number of aliphatic hydroxyl groups excluding tert-OH is 3. The molecule has 0 rings (SSSR count). The summed E-state index contributed by atoms with van der Waals surface area (Å²) in [5.41, 5.74) is 0. The second-order valence-electron chi connectivity index (χ2n) is 2.31. The van der Waals surface area contributed by atoms with Crippen molar-refractivity contribution >= 4 is 11.6 Å². The third kappa shape index (κ3) is 5.70. The van der Waals surface area contributed by atoms with Gasteiger partial charge in [0.15, 0.2) is 0 Å². The molecule has 0 aliphatic heterocycles. The Morgan fingerprint density at radius 3 is 2.42 bits per heavy atom. The van der Waals surface area contributed by atoms with Crippen molar-refractivity contribution < 1.29 is 25.2 Å². The SMILES string of the molecule is OCCC(O)(Cl)OCC(O)CO. The summed E-state index contributed by atoms with van der Waals surface area (Å²) in [5, 5.41) is 32.6. The van der Waals surface area contributed by atoms with Crippen LogP contribution in [-0.2, 0) is 4.74 Å². The van der Waals surface area contributed by atoms with Crippen LogP contribution >= 0.6 is 11.6 Å². The zero-order chi connectivity index (χ0) is 9.61. The van der Waals surface area contributed by atoms with Gasteiger partial charge in [-0.2, -0.15) is 0 Å². The molecule has 6 heteroatoms. The summed E-state index contributed by atoms with van der Waals surface area (Å²) in [6.45, 7) is -1.07. The summed E-state index contributed by atoms with van der Waals surface area (Å²) in [5.74, 6) is 0. The van der Waals surface area contributed by atoms with Crippen LogP contribution in [0.5, 0.6) is 0 Å². The molecule has 5 nitrogen and oxygen atoms in total. The van der Waals surface area contributed by atoms with Gasteiger partial charge in [-0.05, 0) is 0 Å². The highest BCUT2D eigenvalue weighted by Gasteiger charge is 2.24. The van der Waals surface area contributed by atoms with E-state index in [0.29, 0.717) is 0 Å². The molecule has 0 heterocycles. The molecule has 0 saturated carbocycles. The number of halogens is 1. The number of hydrogen-bond acceptors (Lipinski definition) is 5. The Kier molecular flexibility index (Phi) is 5.73. The van der Waals surface area contributed by atoms with E-state index in [0.717, 1.165) is 0 Å². The molecular weight excluding hydrogens is 188 g/mol. The zero-order valence-corrected chi connectivity index (χ0v) is 7.24. The van der Waals surface area contributed by atoms with Gasteiger partial charge in [-0.1, -0.05) is 11.6 Å². The van der Waals surface area contributed by atoms with Crippen LogP contribution in [0.3, 0.4) is 0 Å². The van der Waals surface area contributed by atoms with Crippen LogP contribution in [-0.4, -0.2) is 51.6 Å². The summed E-state index contributed by atoms with van der Waals surface area (Å²) >= 11 is 5.32. The van der Waals surface area contributed by atoms with E-state index >= 15 is 0 Å². The van der Waals surface area contributed by atoms with Gasteiger partial charge in [-0.3, -0.25) is 0 Å². The molecule has 74 valence electrons. The molecule has 0 saturated heterocycles. The van der Waals surface area contributed by atoms with E-state index in [1.807, 2.05) is 0 Å². The lowest BCUT2D eigenvalue weighted by Gasteiger charge is -2.21. The second kappa shape index (κ2) is 5.69. The van der Waals surface area contributed by atoms with Crippen molar-refractivity contribution in [2.24, 2.45) is 0 Å². The van der Waals surface area contributed by atoms with Crippen LogP contribution in [0.15, 0.2) is 0 Å². The summed E-state index contributed by atoms with van der Waals surface area (Å²) in [7, 11) is 0. The van der Waals surface area contributed by atoms with Crippen molar-refractivity contribution in [2.45, 2.75) is 17.8 Å². The summed E-state index contributed by atoms with van der Waals surface area (Å²) in [6.07, 6.45) is -1.24. The molecule has 0 aliphatic rings. The Morgan fingerprint density at radius 2 is 2.00 bits per heavy atom. The summed E-state index contributed by atoms with van der Waals surface area (Å²) in [4.78, 5) is 0. The molecule has 0 radical (unpaired) electrons. The van der Waals surface area contributed by atoms with Crippen LogP contribution in [0.4, 0.5) is 0 Å². The molecule has 0 aliphatic carbocycles. The lowest BCUT2D eigenvalue weighted by Crippen LogP contribution is -2.31. The first kappa shape index (κ1) is 12.1. The fourth-order valence-corrected chi connectivity index (χ4v) is 0.634. The molecule has 0 aromatic heterocycles. The van der Waals surface area contributed by atoms with Crippen LogP contribution in [0.1, 0.15) is 6.42 Å². The maximum Gasteiger partial charge on any atom is 0.248 e. The number of rotatable bonds is 6. The van der Waals surface area contributed by atoms with E-state index in [4.69, 9.17) is 32.0 Å². The first-order valence-electron chi connectivity index (χ1n) is 3.47. The Bertz CT molecular complexity index is 119. The molecule has 2 unspecified atom stereocenters. The molecule has 0 aromatic carbocycles. The largest absolute Gasteiger partial charge is 0.396 e. The fourth-order valence-electron chi connectivity index (χ4n) is 0.487. The highest BCUT2D eigenvalue weighted by Crippen LogP contribution is 2.17. The third-order valence-corrected chi connectivity index (χ3v) is 1.43. The van der Waals surface area contributed by atoms with Crippen LogP contribution in [0.25, 0.3) is 0 Å². The third-order valence-electron chi connectivity index (χ3n) is 1.13. The van der Waals surface area contributed by atoms with Crippen molar-refractivity contribution in [3.8, 4) is 0 Å². The zero-order valence-electron chi connectivity index (χ0n) is 6.48. The number of alkyl halides is 1. The van der Waals surface area contributed by atoms with Crippen molar-refractivity contribution in [1.82, 2.24) is 0 Å². The molecular formula is C6H13ClO5. The minimum Gasteiger partial charge on any atom is -0.396 e. The van der Waals surface area contributed by atoms with Gasteiger partial charge in [0.05, 0.1) is 13.2 Å². The van der Waals surface area contributed by atoms with Crippen LogP contribution in [0.2, 0.25) is 0 Å². The molecule has 2 atom stereocenters. The van der Waals surface area contributed by atoms with Crippen LogP contribution in [0, 0.1) is 0 Å². The number of hydrogen-bond donors (Lipinski definition) is 4. The van der Waals surface area contributed by atoms with E-state index in [1.165, 1.54) is 0 Å². The molecule has 0 spiro atoms. The average molecular weight is 201 g/mol. The Labute approximate surface area is 75.2 Å². The molecule has 0 fully saturated rings. The van der Waals surface area contributed by atoms with Gasteiger partial charge < -0.3 is 25.2 Å². The number of ether oxygens (including phenoxy) is 1. The van der Waals surface area contributed by atoms with Crippen LogP contribution < -0.4 is 0 Å². The van der Waals surface area contributed by atoms with Gasteiger partial charge in [0, 0.05) is 13.0 Å². The first-order valence-corrected chi connectivity index (χ1v) is 3.84. The highest BCUT2D eigenvalue weighted by atomic mass is 35.5. The molecule has 12 heavy (non-hydrogen) atoms. The Morgan fingerprint density at radius 1 is 1.42 bits per heavy atom. The van der Waals surface area contributed by atoms with Gasteiger partial charge in [0.25, 0.3) is 0 Å². The summed E-state index contributed by atoms with van der Waals surface area (Å²) in [6, 6.07) is 0. The van der Waals surface area contributed by atoms with E-state index in [-0.39, 0.29) is 19.6 Å². The first-order chi connectivity index (χ1) is 5.52. The molecule has 0 amide bonds. The van der Waals surface area contributed by atoms with Gasteiger partial charge >= 0.3 is 0 Å². The maximum atomic E-state index is 9.05. The van der Waals surface area contributed by atoms with Crippen molar-refractivity contribution in [2.75, 3.05) is 19.8 Å². The average Bonchev–Trinajstić information content (AvgIpc) is 2.00. The second-order valence-corrected chi connectivity index (χ2v) is 2.90. The monoisotopic (exact) mass is 200 g/mol. The van der Waals surface area contributed by atoms with E-state index in [1.54, 1.807) is 0 Å². The lowest BCUT2D eigenvalue weighted by atomic mass is 10.4. The van der Waals surface area contributed by atoms with Crippen molar-refractivity contribution in [3.05, 3.63) is 0 Å². The van der Waals surface area contributed by atoms with Gasteiger partial charge in [-0.15, -0.1) is 0 Å². The number of aliphatic hydroxyl groups is 4. The van der Waals surface area contributed by atoms with E-state index < -0.39 is 18.0 Å².